The number of anilines is 2. The second-order valence-electron chi connectivity index (χ2n) is 7.76. The van der Waals surface area contributed by atoms with Crippen LogP contribution in [0.2, 0.25) is 0 Å². The van der Waals surface area contributed by atoms with E-state index in [2.05, 4.69) is 20.9 Å². The summed E-state index contributed by atoms with van der Waals surface area (Å²) in [6.45, 7) is 0. The maximum Gasteiger partial charge on any atom is 0.248 e. The maximum absolute atomic E-state index is 12.1. The van der Waals surface area contributed by atoms with E-state index in [0.717, 1.165) is 11.1 Å². The van der Waals surface area contributed by atoms with Gasteiger partial charge in [0.1, 0.15) is 0 Å². The summed E-state index contributed by atoms with van der Waals surface area (Å²) in [5.41, 5.74) is 4.54. The van der Waals surface area contributed by atoms with E-state index in [9.17, 15) is 9.59 Å². The number of benzene rings is 4. The van der Waals surface area contributed by atoms with Gasteiger partial charge in [-0.25, -0.2) is 0 Å². The molecule has 0 atom stereocenters. The number of amides is 2. The fourth-order valence-electron chi connectivity index (χ4n) is 3.18. The number of hydrogen-bond donors (Lipinski definition) is 2. The zero-order valence-electron chi connectivity index (χ0n) is 19.4. The molecule has 4 rings (SSSR count). The van der Waals surface area contributed by atoms with Gasteiger partial charge in [0.25, 0.3) is 0 Å². The Kier molecular flexibility index (Phi) is 8.27. The molecule has 36 heavy (non-hydrogen) atoms. The summed E-state index contributed by atoms with van der Waals surface area (Å²) in [5.74, 6) is -0.424. The Bertz CT molecular complexity index is 1270. The topological polar surface area (TPSA) is 82.9 Å². The van der Waals surface area contributed by atoms with Crippen molar-refractivity contribution in [3.63, 3.8) is 0 Å². The molecule has 0 spiro atoms. The zero-order chi connectivity index (χ0) is 25.0. The molecular weight excluding hydrogens is 448 g/mol. The number of nitrogens with zero attached hydrogens (tertiary/aromatic N) is 2. The molecular formula is C30H24N4O2. The maximum atomic E-state index is 12.1. The Balaban J connectivity index is 1.27. The summed E-state index contributed by atoms with van der Waals surface area (Å²) in [6.07, 6.45) is 6.51. The number of nitrogens with one attached hydrogen (secondary N) is 2. The van der Waals surface area contributed by atoms with Crippen LogP contribution in [0, 0.1) is 0 Å². The van der Waals surface area contributed by atoms with E-state index in [0.29, 0.717) is 22.7 Å². The van der Waals surface area contributed by atoms with Gasteiger partial charge in [-0.2, -0.15) is 10.2 Å². The highest BCUT2D eigenvalue weighted by molar-refractivity contribution is 6.02. The predicted molar refractivity (Wildman–Crippen MR) is 145 cm³/mol. The third-order valence-electron chi connectivity index (χ3n) is 5.00. The SMILES string of the molecule is O=C(/C=C/c1ccccc1)Nc1ccc(N=Nc2ccc(NC(=O)/C=C/c3ccccc3)cc2)cc1. The summed E-state index contributed by atoms with van der Waals surface area (Å²) < 4.78 is 0. The Morgan fingerprint density at radius 1 is 0.500 bits per heavy atom. The van der Waals surface area contributed by atoms with Crippen LogP contribution < -0.4 is 10.6 Å². The molecule has 4 aromatic rings. The van der Waals surface area contributed by atoms with Crippen LogP contribution >= 0.6 is 0 Å². The summed E-state index contributed by atoms with van der Waals surface area (Å²) >= 11 is 0. The van der Waals surface area contributed by atoms with E-state index in [1.165, 1.54) is 12.2 Å². The van der Waals surface area contributed by atoms with Gasteiger partial charge < -0.3 is 10.6 Å². The van der Waals surface area contributed by atoms with Crippen LogP contribution in [-0.2, 0) is 9.59 Å². The van der Waals surface area contributed by atoms with Gasteiger partial charge in [-0.15, -0.1) is 0 Å². The summed E-state index contributed by atoms with van der Waals surface area (Å²) in [7, 11) is 0. The second kappa shape index (κ2) is 12.4. The first kappa shape index (κ1) is 24.0. The molecule has 0 fully saturated rings. The van der Waals surface area contributed by atoms with Crippen molar-refractivity contribution in [2.45, 2.75) is 0 Å². The molecule has 0 aromatic heterocycles. The molecule has 0 aliphatic rings. The number of carbonyl (C=O) groups is 2. The zero-order valence-corrected chi connectivity index (χ0v) is 19.4. The normalized spacial score (nSPS) is 11.2. The van der Waals surface area contributed by atoms with Crippen LogP contribution in [0.3, 0.4) is 0 Å². The smallest absolute Gasteiger partial charge is 0.248 e. The van der Waals surface area contributed by atoms with Gasteiger partial charge >= 0.3 is 0 Å². The van der Waals surface area contributed by atoms with E-state index in [1.807, 2.05) is 60.7 Å². The van der Waals surface area contributed by atoms with Gasteiger partial charge in [-0.1, -0.05) is 60.7 Å². The lowest BCUT2D eigenvalue weighted by atomic mass is 10.2. The van der Waals surface area contributed by atoms with E-state index in [1.54, 1.807) is 60.7 Å². The number of carbonyl (C=O) groups excluding carboxylic acids is 2. The molecule has 0 unspecified atom stereocenters. The van der Waals surface area contributed by atoms with E-state index in [4.69, 9.17) is 0 Å². The highest BCUT2D eigenvalue weighted by Crippen LogP contribution is 2.22. The fraction of sp³-hybridized carbons (Fsp3) is 0. The van der Waals surface area contributed by atoms with Crippen LogP contribution in [0.25, 0.3) is 12.2 Å². The van der Waals surface area contributed by atoms with E-state index in [-0.39, 0.29) is 11.8 Å². The van der Waals surface area contributed by atoms with Crippen molar-refractivity contribution in [3.05, 3.63) is 132 Å². The Labute approximate surface area is 209 Å². The minimum absolute atomic E-state index is 0.212. The lowest BCUT2D eigenvalue weighted by Crippen LogP contribution is -2.07. The Morgan fingerprint density at radius 2 is 0.861 bits per heavy atom. The van der Waals surface area contributed by atoms with Crippen molar-refractivity contribution in [2.24, 2.45) is 10.2 Å². The quantitative estimate of drug-likeness (QED) is 0.207. The second-order valence-corrected chi connectivity index (χ2v) is 7.76. The monoisotopic (exact) mass is 472 g/mol. The van der Waals surface area contributed by atoms with E-state index >= 15 is 0 Å². The lowest BCUT2D eigenvalue weighted by molar-refractivity contribution is -0.112. The van der Waals surface area contributed by atoms with Gasteiger partial charge in [-0.05, 0) is 71.8 Å². The van der Waals surface area contributed by atoms with Crippen molar-refractivity contribution >= 4 is 46.7 Å². The molecule has 4 aromatic carbocycles. The highest BCUT2D eigenvalue weighted by Gasteiger charge is 2.00. The Hall–Kier alpha value is -5.10. The van der Waals surface area contributed by atoms with Crippen molar-refractivity contribution in [1.29, 1.82) is 0 Å². The summed E-state index contributed by atoms with van der Waals surface area (Å²) in [6, 6.07) is 33.4. The summed E-state index contributed by atoms with van der Waals surface area (Å²) in [5, 5.41) is 14.1. The first-order valence-corrected chi connectivity index (χ1v) is 11.3. The standard InChI is InChI=1S/C30H24N4O2/c35-29(21-11-23-7-3-1-4-8-23)31-25-13-17-27(18-14-25)33-34-28-19-15-26(16-20-28)32-30(36)22-12-24-9-5-2-6-10-24/h1-22H,(H,31,35)(H,32,36)/b21-11+,22-12+,34-33?. The highest BCUT2D eigenvalue weighted by atomic mass is 16.2. The number of azo groups is 1. The molecule has 6 heteroatoms. The minimum Gasteiger partial charge on any atom is -0.323 e. The molecule has 2 N–H and O–H groups in total. The summed E-state index contributed by atoms with van der Waals surface area (Å²) in [4.78, 5) is 24.2. The van der Waals surface area contributed by atoms with Gasteiger partial charge in [0.2, 0.25) is 11.8 Å². The van der Waals surface area contributed by atoms with Gasteiger partial charge in [-0.3, -0.25) is 9.59 Å². The van der Waals surface area contributed by atoms with E-state index < -0.39 is 0 Å². The average molecular weight is 473 g/mol. The van der Waals surface area contributed by atoms with Gasteiger partial charge in [0, 0.05) is 23.5 Å². The molecule has 0 radical (unpaired) electrons. The lowest BCUT2D eigenvalue weighted by Gasteiger charge is -2.03. The Morgan fingerprint density at radius 3 is 1.22 bits per heavy atom. The first-order valence-electron chi connectivity index (χ1n) is 11.3. The third-order valence-corrected chi connectivity index (χ3v) is 5.00. The largest absolute Gasteiger partial charge is 0.323 e. The van der Waals surface area contributed by atoms with Crippen molar-refractivity contribution in [2.75, 3.05) is 10.6 Å². The minimum atomic E-state index is -0.212. The average Bonchev–Trinajstić information content (AvgIpc) is 2.92. The molecule has 0 heterocycles. The number of rotatable bonds is 8. The van der Waals surface area contributed by atoms with Crippen LogP contribution in [-0.4, -0.2) is 11.8 Å². The van der Waals surface area contributed by atoms with Gasteiger partial charge in [0.05, 0.1) is 11.4 Å². The fourth-order valence-corrected chi connectivity index (χ4v) is 3.18. The molecule has 0 aliphatic heterocycles. The number of hydrogen-bond acceptors (Lipinski definition) is 4. The van der Waals surface area contributed by atoms with Crippen LogP contribution in [0.5, 0.6) is 0 Å². The molecule has 0 saturated heterocycles. The third kappa shape index (κ3) is 7.74. The molecule has 6 nitrogen and oxygen atoms in total. The molecule has 2 amide bonds. The van der Waals surface area contributed by atoms with Crippen molar-refractivity contribution in [1.82, 2.24) is 0 Å². The molecule has 0 bridgehead atoms. The predicted octanol–water partition coefficient (Wildman–Crippen LogP) is 7.41. The molecule has 0 saturated carbocycles. The van der Waals surface area contributed by atoms with Crippen molar-refractivity contribution in [3.8, 4) is 0 Å². The molecule has 176 valence electrons. The van der Waals surface area contributed by atoms with Gasteiger partial charge in [0.15, 0.2) is 0 Å². The molecule has 0 aliphatic carbocycles. The van der Waals surface area contributed by atoms with Crippen molar-refractivity contribution < 1.29 is 9.59 Å². The van der Waals surface area contributed by atoms with Crippen LogP contribution in [0.15, 0.2) is 132 Å². The van der Waals surface area contributed by atoms with Crippen LogP contribution in [0.4, 0.5) is 22.7 Å². The first-order chi connectivity index (χ1) is 17.6. The van der Waals surface area contributed by atoms with Crippen LogP contribution in [0.1, 0.15) is 11.1 Å².